The fraction of sp³-hybridized carbons (Fsp3) is 0.381. The average Bonchev–Trinajstić information content (AvgIpc) is 2.73. The van der Waals surface area contributed by atoms with E-state index in [0.717, 1.165) is 32.5 Å². The maximum atomic E-state index is 12.4. The van der Waals surface area contributed by atoms with Crippen molar-refractivity contribution in [2.45, 2.75) is 24.3 Å². The maximum absolute atomic E-state index is 12.4. The highest BCUT2D eigenvalue weighted by atomic mass is 35.5. The van der Waals surface area contributed by atoms with Crippen LogP contribution in [0.15, 0.2) is 47.4 Å². The van der Waals surface area contributed by atoms with Gasteiger partial charge in [0, 0.05) is 29.6 Å². The summed E-state index contributed by atoms with van der Waals surface area (Å²) < 4.78 is 0. The highest BCUT2D eigenvalue weighted by Gasteiger charge is 2.21. The van der Waals surface area contributed by atoms with Crippen molar-refractivity contribution in [1.82, 2.24) is 10.2 Å². The third kappa shape index (κ3) is 5.72. The van der Waals surface area contributed by atoms with Crippen LogP contribution in [0.3, 0.4) is 0 Å². The van der Waals surface area contributed by atoms with Crippen LogP contribution in [0.1, 0.15) is 28.8 Å². The summed E-state index contributed by atoms with van der Waals surface area (Å²) in [7, 11) is 0. The van der Waals surface area contributed by atoms with E-state index in [1.807, 2.05) is 0 Å². The molecule has 0 aliphatic carbocycles. The van der Waals surface area contributed by atoms with E-state index >= 15 is 0 Å². The van der Waals surface area contributed by atoms with E-state index in [1.54, 1.807) is 11.8 Å². The fourth-order valence-electron chi connectivity index (χ4n) is 3.56. The summed E-state index contributed by atoms with van der Waals surface area (Å²) >= 11 is 7.58. The van der Waals surface area contributed by atoms with Crippen molar-refractivity contribution in [2.24, 2.45) is 5.92 Å². The molecule has 6 nitrogen and oxygen atoms in total. The summed E-state index contributed by atoms with van der Waals surface area (Å²) in [5.41, 5.74) is 1.36. The van der Waals surface area contributed by atoms with Crippen molar-refractivity contribution >= 4 is 35.0 Å². The minimum absolute atomic E-state index is 0.0296. The van der Waals surface area contributed by atoms with Crippen molar-refractivity contribution in [3.05, 3.63) is 68.7 Å². The monoisotopic (exact) mass is 433 g/mol. The lowest BCUT2D eigenvalue weighted by Gasteiger charge is -2.32. The predicted octanol–water partition coefficient (Wildman–Crippen LogP) is 4.61. The van der Waals surface area contributed by atoms with Crippen LogP contribution in [0, 0.1) is 16.0 Å². The molecule has 1 fully saturated rings. The molecule has 1 N–H and O–H groups in total. The first-order valence-electron chi connectivity index (χ1n) is 9.54. The Kier molecular flexibility index (Phi) is 7.52. The fourth-order valence-corrected chi connectivity index (χ4v) is 4.35. The average molecular weight is 434 g/mol. The molecule has 0 unspecified atom stereocenters. The molecule has 1 amide bonds. The van der Waals surface area contributed by atoms with Gasteiger partial charge in [0.1, 0.15) is 5.02 Å². The number of thioether (sulfide) groups is 1. The van der Waals surface area contributed by atoms with Gasteiger partial charge in [-0.05, 0) is 61.9 Å². The zero-order chi connectivity index (χ0) is 20.8. The number of carbonyl (C=O) groups is 1. The Bertz CT molecular complexity index is 885. The van der Waals surface area contributed by atoms with Crippen LogP contribution < -0.4 is 5.32 Å². The number of hydrogen-bond acceptors (Lipinski definition) is 5. The van der Waals surface area contributed by atoms with Crippen molar-refractivity contribution in [2.75, 3.05) is 25.9 Å². The molecule has 2 aromatic rings. The highest BCUT2D eigenvalue weighted by molar-refractivity contribution is 7.98. The van der Waals surface area contributed by atoms with E-state index in [0.29, 0.717) is 12.5 Å². The van der Waals surface area contributed by atoms with Crippen molar-refractivity contribution in [3.8, 4) is 0 Å². The number of amides is 1. The van der Waals surface area contributed by atoms with E-state index in [-0.39, 0.29) is 22.2 Å². The van der Waals surface area contributed by atoms with Gasteiger partial charge in [-0.1, -0.05) is 29.8 Å². The first-order valence-corrected chi connectivity index (χ1v) is 11.1. The quantitative estimate of drug-likeness (QED) is 0.392. The Morgan fingerprint density at radius 3 is 2.69 bits per heavy atom. The van der Waals surface area contributed by atoms with E-state index in [9.17, 15) is 14.9 Å². The van der Waals surface area contributed by atoms with Crippen LogP contribution in [0.25, 0.3) is 0 Å². The van der Waals surface area contributed by atoms with Crippen molar-refractivity contribution in [1.29, 1.82) is 0 Å². The number of rotatable bonds is 7. The van der Waals surface area contributed by atoms with Gasteiger partial charge in [-0.3, -0.25) is 19.8 Å². The molecule has 0 aromatic heterocycles. The normalized spacial score (nSPS) is 15.2. The van der Waals surface area contributed by atoms with Gasteiger partial charge in [-0.25, -0.2) is 0 Å². The molecule has 1 saturated heterocycles. The van der Waals surface area contributed by atoms with Gasteiger partial charge in [0.15, 0.2) is 0 Å². The number of benzene rings is 2. The van der Waals surface area contributed by atoms with Crippen LogP contribution in [-0.4, -0.2) is 41.6 Å². The number of nitrogens with zero attached hydrogens (tertiary/aromatic N) is 2. The van der Waals surface area contributed by atoms with Gasteiger partial charge in [0.2, 0.25) is 0 Å². The van der Waals surface area contributed by atoms with E-state index in [2.05, 4.69) is 40.7 Å². The first kappa shape index (κ1) is 21.6. The van der Waals surface area contributed by atoms with Crippen LogP contribution in [0.4, 0.5) is 5.69 Å². The number of nitro benzene ring substituents is 1. The van der Waals surface area contributed by atoms with Gasteiger partial charge >= 0.3 is 0 Å². The Balaban J connectivity index is 1.48. The summed E-state index contributed by atoms with van der Waals surface area (Å²) in [5.74, 6) is 0.106. The molecule has 8 heteroatoms. The molecule has 1 heterocycles. The molecule has 2 aromatic carbocycles. The molecule has 3 rings (SSSR count). The molecule has 0 bridgehead atoms. The van der Waals surface area contributed by atoms with Crippen molar-refractivity contribution < 1.29 is 9.72 Å². The minimum atomic E-state index is -0.579. The number of nitrogens with one attached hydrogen (secondary N) is 1. The zero-order valence-electron chi connectivity index (χ0n) is 16.3. The van der Waals surface area contributed by atoms with Gasteiger partial charge in [-0.2, -0.15) is 0 Å². The molecule has 0 saturated carbocycles. The van der Waals surface area contributed by atoms with E-state index < -0.39 is 4.92 Å². The van der Waals surface area contributed by atoms with Gasteiger partial charge in [0.25, 0.3) is 11.6 Å². The van der Waals surface area contributed by atoms with Crippen LogP contribution in [0.2, 0.25) is 5.02 Å². The number of hydrogen-bond donors (Lipinski definition) is 1. The lowest BCUT2D eigenvalue weighted by atomic mass is 9.96. The SMILES string of the molecule is CSc1ccccc1CN1CCC(CNC(=O)c2ccc(Cl)c([N+](=O)[O-])c2)CC1. The second-order valence-corrected chi connectivity index (χ2v) is 8.42. The number of carbonyl (C=O) groups excluding carboxylic acids is 1. The molecule has 29 heavy (non-hydrogen) atoms. The molecular formula is C21H24ClN3O3S. The van der Waals surface area contributed by atoms with Crippen LogP contribution in [0.5, 0.6) is 0 Å². The highest BCUT2D eigenvalue weighted by Crippen LogP contribution is 2.26. The van der Waals surface area contributed by atoms with Crippen LogP contribution >= 0.6 is 23.4 Å². The van der Waals surface area contributed by atoms with Gasteiger partial charge in [-0.15, -0.1) is 11.8 Å². The summed E-state index contributed by atoms with van der Waals surface area (Å²) in [4.78, 5) is 26.5. The lowest BCUT2D eigenvalue weighted by Crippen LogP contribution is -2.38. The Labute approximate surface area is 179 Å². The third-order valence-electron chi connectivity index (χ3n) is 5.25. The third-order valence-corrected chi connectivity index (χ3v) is 6.41. The summed E-state index contributed by atoms with van der Waals surface area (Å²) in [6.45, 7) is 3.51. The molecular weight excluding hydrogens is 410 g/mol. The maximum Gasteiger partial charge on any atom is 0.288 e. The standard InChI is InChI=1S/C21H24ClN3O3S/c1-29-20-5-3-2-4-17(20)14-24-10-8-15(9-11-24)13-23-21(26)16-6-7-18(22)19(12-16)25(27)28/h2-7,12,15H,8-11,13-14H2,1H3,(H,23,26). The number of piperidine rings is 1. The largest absolute Gasteiger partial charge is 0.352 e. The van der Waals surface area contributed by atoms with E-state index in [1.165, 1.54) is 28.7 Å². The molecule has 0 atom stereocenters. The van der Waals surface area contributed by atoms with Crippen molar-refractivity contribution in [3.63, 3.8) is 0 Å². The minimum Gasteiger partial charge on any atom is -0.352 e. The van der Waals surface area contributed by atoms with E-state index in [4.69, 9.17) is 11.6 Å². The topological polar surface area (TPSA) is 75.5 Å². The smallest absolute Gasteiger partial charge is 0.288 e. The first-order chi connectivity index (χ1) is 14.0. The van der Waals surface area contributed by atoms with Crippen LogP contribution in [-0.2, 0) is 6.54 Å². The summed E-state index contributed by atoms with van der Waals surface area (Å²) in [6, 6.07) is 12.6. The summed E-state index contributed by atoms with van der Waals surface area (Å²) in [6.07, 6.45) is 4.13. The molecule has 1 aliphatic rings. The molecule has 0 spiro atoms. The Hall–Kier alpha value is -2.09. The zero-order valence-corrected chi connectivity index (χ0v) is 17.8. The van der Waals surface area contributed by atoms with Gasteiger partial charge < -0.3 is 5.32 Å². The second kappa shape index (κ2) is 10.1. The number of halogens is 1. The number of nitro groups is 1. The second-order valence-electron chi connectivity index (χ2n) is 7.16. The summed E-state index contributed by atoms with van der Waals surface area (Å²) in [5, 5.41) is 13.9. The lowest BCUT2D eigenvalue weighted by molar-refractivity contribution is -0.384. The molecule has 154 valence electrons. The number of likely N-dealkylation sites (tertiary alicyclic amines) is 1. The molecule has 1 aliphatic heterocycles. The molecule has 0 radical (unpaired) electrons. The Morgan fingerprint density at radius 2 is 2.00 bits per heavy atom. The Morgan fingerprint density at radius 1 is 1.28 bits per heavy atom. The van der Waals surface area contributed by atoms with Gasteiger partial charge in [0.05, 0.1) is 4.92 Å². The predicted molar refractivity (Wildman–Crippen MR) is 117 cm³/mol.